The molecule has 8 nitrogen and oxygen atoms in total. The molecule has 1 amide bonds. The lowest BCUT2D eigenvalue weighted by atomic mass is 10.3. The Kier molecular flexibility index (Phi) is 5.18. The fourth-order valence-corrected chi connectivity index (χ4v) is 2.78. The highest BCUT2D eigenvalue weighted by molar-refractivity contribution is 5.92. The van der Waals surface area contributed by atoms with Gasteiger partial charge in [-0.3, -0.25) is 4.79 Å². The minimum Gasteiger partial charge on any atom is -0.485 e. The lowest BCUT2D eigenvalue weighted by molar-refractivity contribution is 0.0761. The molecule has 0 aromatic carbocycles. The number of carbonyl (C=O) groups excluding carboxylic acids is 1. The Morgan fingerprint density at radius 1 is 1.48 bits per heavy atom. The molecule has 1 aliphatic rings. The second-order valence-electron chi connectivity index (χ2n) is 6.11. The van der Waals surface area contributed by atoms with E-state index >= 15 is 0 Å². The maximum atomic E-state index is 12.5. The van der Waals surface area contributed by atoms with Crippen molar-refractivity contribution in [3.8, 4) is 5.75 Å². The summed E-state index contributed by atoms with van der Waals surface area (Å²) in [5.74, 6) is 1.86. The van der Waals surface area contributed by atoms with Crippen molar-refractivity contribution >= 4 is 11.7 Å². The number of rotatable bonds is 6. The maximum absolute atomic E-state index is 12.5. The van der Waals surface area contributed by atoms with Gasteiger partial charge in [0.15, 0.2) is 23.0 Å². The second-order valence-corrected chi connectivity index (χ2v) is 6.11. The smallest absolute Gasteiger partial charge is 0.276 e. The van der Waals surface area contributed by atoms with E-state index in [4.69, 9.17) is 14.0 Å². The molecule has 2 aromatic rings. The summed E-state index contributed by atoms with van der Waals surface area (Å²) in [5, 5.41) is 3.82. The van der Waals surface area contributed by atoms with Gasteiger partial charge in [0.1, 0.15) is 12.7 Å². The molecule has 1 saturated heterocycles. The van der Waals surface area contributed by atoms with E-state index in [-0.39, 0.29) is 12.0 Å². The molecular formula is C17H22N4O4. The first kappa shape index (κ1) is 17.2. The summed E-state index contributed by atoms with van der Waals surface area (Å²) in [7, 11) is 5.40. The van der Waals surface area contributed by atoms with Crippen LogP contribution < -0.4 is 9.64 Å². The third kappa shape index (κ3) is 3.90. The summed E-state index contributed by atoms with van der Waals surface area (Å²) in [6.45, 7) is 1.42. The molecule has 2 aromatic heterocycles. The SMILES string of the molecule is COCc1cc(C(=O)N2CCC(Oc3cccnc3N(C)C)C2)no1. The second kappa shape index (κ2) is 7.52. The average molecular weight is 346 g/mol. The number of nitrogens with zero attached hydrogens (tertiary/aromatic N) is 4. The minimum absolute atomic E-state index is 0.0720. The van der Waals surface area contributed by atoms with Gasteiger partial charge < -0.3 is 23.8 Å². The molecule has 0 N–H and O–H groups in total. The number of hydrogen-bond acceptors (Lipinski definition) is 7. The number of hydrogen-bond donors (Lipinski definition) is 0. The molecule has 1 atom stereocenters. The van der Waals surface area contributed by atoms with E-state index in [0.29, 0.717) is 31.2 Å². The number of amides is 1. The first-order chi connectivity index (χ1) is 12.1. The standard InChI is InChI=1S/C17H22N4O4/c1-20(2)16-15(5-4-7-18-16)24-12-6-8-21(10-12)17(22)14-9-13(11-23-3)25-19-14/h4-5,7,9,12H,6,8,10-11H2,1-3H3. The van der Waals surface area contributed by atoms with E-state index in [1.165, 1.54) is 0 Å². The normalized spacial score (nSPS) is 16.9. The molecule has 134 valence electrons. The molecule has 0 saturated carbocycles. The fourth-order valence-electron chi connectivity index (χ4n) is 2.78. The van der Waals surface area contributed by atoms with Gasteiger partial charge in [-0.1, -0.05) is 5.16 Å². The van der Waals surface area contributed by atoms with E-state index < -0.39 is 0 Å². The van der Waals surface area contributed by atoms with Crippen LogP contribution in [0.15, 0.2) is 28.9 Å². The average Bonchev–Trinajstić information content (AvgIpc) is 3.25. The fraction of sp³-hybridized carbons (Fsp3) is 0.471. The van der Waals surface area contributed by atoms with E-state index in [0.717, 1.165) is 18.0 Å². The number of pyridine rings is 1. The number of carbonyl (C=O) groups is 1. The summed E-state index contributed by atoms with van der Waals surface area (Å²) in [4.78, 5) is 20.5. The first-order valence-electron chi connectivity index (χ1n) is 8.11. The van der Waals surface area contributed by atoms with Crippen molar-refractivity contribution in [2.45, 2.75) is 19.1 Å². The van der Waals surface area contributed by atoms with Gasteiger partial charge in [-0.2, -0.15) is 0 Å². The molecule has 0 radical (unpaired) electrons. The van der Waals surface area contributed by atoms with Crippen LogP contribution in [0.2, 0.25) is 0 Å². The molecule has 3 heterocycles. The molecule has 1 aliphatic heterocycles. The maximum Gasteiger partial charge on any atom is 0.276 e. The van der Waals surface area contributed by atoms with Gasteiger partial charge in [0, 0.05) is 46.4 Å². The van der Waals surface area contributed by atoms with Crippen LogP contribution in [0.25, 0.3) is 0 Å². The van der Waals surface area contributed by atoms with Gasteiger partial charge >= 0.3 is 0 Å². The van der Waals surface area contributed by atoms with Crippen molar-refractivity contribution in [2.75, 3.05) is 39.2 Å². The van der Waals surface area contributed by atoms with Gasteiger partial charge in [-0.25, -0.2) is 4.98 Å². The quantitative estimate of drug-likeness (QED) is 0.785. The number of aromatic nitrogens is 2. The Morgan fingerprint density at radius 2 is 2.32 bits per heavy atom. The van der Waals surface area contributed by atoms with Gasteiger partial charge in [0.05, 0.1) is 6.54 Å². The van der Waals surface area contributed by atoms with Crippen LogP contribution in [0.5, 0.6) is 5.75 Å². The Hall–Kier alpha value is -2.61. The van der Waals surface area contributed by atoms with Crippen molar-refractivity contribution in [1.82, 2.24) is 15.0 Å². The van der Waals surface area contributed by atoms with Crippen LogP contribution in [0.3, 0.4) is 0 Å². The van der Waals surface area contributed by atoms with Crippen LogP contribution in [-0.4, -0.2) is 61.3 Å². The largest absolute Gasteiger partial charge is 0.485 e. The van der Waals surface area contributed by atoms with Crippen LogP contribution in [0.4, 0.5) is 5.82 Å². The van der Waals surface area contributed by atoms with Crippen molar-refractivity contribution in [2.24, 2.45) is 0 Å². The number of likely N-dealkylation sites (tertiary alicyclic amines) is 1. The van der Waals surface area contributed by atoms with Crippen LogP contribution >= 0.6 is 0 Å². The zero-order valence-corrected chi connectivity index (χ0v) is 14.6. The molecule has 25 heavy (non-hydrogen) atoms. The highest BCUT2D eigenvalue weighted by Gasteiger charge is 2.30. The Balaban J connectivity index is 1.62. The Bertz CT molecular complexity index is 731. The molecule has 0 bridgehead atoms. The predicted octanol–water partition coefficient (Wildman–Crippen LogP) is 1.58. The summed E-state index contributed by atoms with van der Waals surface area (Å²) in [6, 6.07) is 5.35. The molecule has 0 spiro atoms. The summed E-state index contributed by atoms with van der Waals surface area (Å²) in [6.07, 6.45) is 2.42. The Labute approximate surface area is 146 Å². The van der Waals surface area contributed by atoms with E-state index in [9.17, 15) is 4.79 Å². The zero-order chi connectivity index (χ0) is 17.8. The van der Waals surface area contributed by atoms with E-state index in [2.05, 4.69) is 10.1 Å². The van der Waals surface area contributed by atoms with Crippen molar-refractivity contribution in [3.05, 3.63) is 35.9 Å². The summed E-state index contributed by atoms with van der Waals surface area (Å²) < 4.78 is 16.1. The van der Waals surface area contributed by atoms with Gasteiger partial charge in [-0.05, 0) is 12.1 Å². The molecule has 1 fully saturated rings. The van der Waals surface area contributed by atoms with Crippen LogP contribution in [0, 0.1) is 0 Å². The van der Waals surface area contributed by atoms with Crippen LogP contribution in [-0.2, 0) is 11.3 Å². The number of anilines is 1. The number of ether oxygens (including phenoxy) is 2. The molecule has 1 unspecified atom stereocenters. The summed E-state index contributed by atoms with van der Waals surface area (Å²) >= 11 is 0. The highest BCUT2D eigenvalue weighted by atomic mass is 16.5. The highest BCUT2D eigenvalue weighted by Crippen LogP contribution is 2.27. The monoisotopic (exact) mass is 346 g/mol. The lowest BCUT2D eigenvalue weighted by Gasteiger charge is -2.20. The lowest BCUT2D eigenvalue weighted by Crippen LogP contribution is -2.31. The predicted molar refractivity (Wildman–Crippen MR) is 90.7 cm³/mol. The van der Waals surface area contributed by atoms with E-state index in [1.807, 2.05) is 31.1 Å². The molecule has 8 heteroatoms. The van der Waals surface area contributed by atoms with E-state index in [1.54, 1.807) is 24.3 Å². The third-order valence-electron chi connectivity index (χ3n) is 3.97. The topological polar surface area (TPSA) is 80.9 Å². The molecular weight excluding hydrogens is 324 g/mol. The van der Waals surface area contributed by atoms with Crippen molar-refractivity contribution < 1.29 is 18.8 Å². The Morgan fingerprint density at radius 3 is 3.08 bits per heavy atom. The van der Waals surface area contributed by atoms with Crippen LogP contribution in [0.1, 0.15) is 22.7 Å². The van der Waals surface area contributed by atoms with Gasteiger partial charge in [0.2, 0.25) is 0 Å². The van der Waals surface area contributed by atoms with Crippen molar-refractivity contribution in [1.29, 1.82) is 0 Å². The summed E-state index contributed by atoms with van der Waals surface area (Å²) in [5.41, 5.74) is 0.294. The minimum atomic E-state index is -0.156. The zero-order valence-electron chi connectivity index (χ0n) is 14.6. The first-order valence-corrected chi connectivity index (χ1v) is 8.11. The van der Waals surface area contributed by atoms with Gasteiger partial charge in [0.25, 0.3) is 5.91 Å². The molecule has 0 aliphatic carbocycles. The number of methoxy groups -OCH3 is 1. The molecule has 3 rings (SSSR count). The van der Waals surface area contributed by atoms with Gasteiger partial charge in [-0.15, -0.1) is 0 Å². The van der Waals surface area contributed by atoms with Crippen molar-refractivity contribution in [3.63, 3.8) is 0 Å². The third-order valence-corrected chi connectivity index (χ3v) is 3.97.